The third kappa shape index (κ3) is 2.62. The molecule has 0 saturated carbocycles. The van der Waals surface area contributed by atoms with Crippen LogP contribution in [0.2, 0.25) is 0 Å². The number of allylic oxidation sites excluding steroid dienone is 1. The summed E-state index contributed by atoms with van der Waals surface area (Å²) in [4.78, 5) is 22.6. The molecule has 22 heavy (non-hydrogen) atoms. The van der Waals surface area contributed by atoms with Crippen LogP contribution < -0.4 is 5.43 Å². The average Bonchev–Trinajstić information content (AvgIpc) is 2.68. The van der Waals surface area contributed by atoms with Gasteiger partial charge in [-0.3, -0.25) is 20.3 Å². The minimum atomic E-state index is -0.975. The quantitative estimate of drug-likeness (QED) is 0.697. The fourth-order valence-corrected chi connectivity index (χ4v) is 1.76. The summed E-state index contributed by atoms with van der Waals surface area (Å²) in [7, 11) is 0. The monoisotopic (exact) mass is 299 g/mol. The second-order valence-electron chi connectivity index (χ2n) is 4.21. The molecular formula is C16H11N3O3. The summed E-state index contributed by atoms with van der Waals surface area (Å²) in [6.07, 6.45) is 0. The lowest BCUT2D eigenvalue weighted by molar-refractivity contribution is -0.384. The number of carbonyl (C=O) groups is 1. The normalized spacial score (nSPS) is 19.5. The Labute approximate surface area is 134 Å². The highest BCUT2D eigenvalue weighted by atomic mass is 16.6. The van der Waals surface area contributed by atoms with Gasteiger partial charge in [-0.25, -0.2) is 0 Å². The number of nitrogens with zero attached hydrogens (tertiary/aromatic N) is 2. The molecule has 3 rings (SSSR count). The topological polar surface area (TPSA) is 84.6 Å². The molecule has 0 heterocycles. The number of nitro benzene ring substituents is 1. The molecule has 0 spiro atoms. The minimum absolute atomic E-state index is 0.151. The van der Waals surface area contributed by atoms with Gasteiger partial charge in [0.25, 0.3) is 5.69 Å². The highest BCUT2D eigenvalue weighted by Crippen LogP contribution is 2.19. The number of non-ortho nitro benzene ring substituents is 1. The second kappa shape index (κ2) is 5.61. The summed E-state index contributed by atoms with van der Waals surface area (Å²) in [6.45, 7) is 0. The van der Waals surface area contributed by atoms with Crippen molar-refractivity contribution in [1.82, 2.24) is 0 Å². The van der Waals surface area contributed by atoms with Crippen LogP contribution in [0.25, 0.3) is 6.05 Å². The van der Waals surface area contributed by atoms with Gasteiger partial charge in [-0.15, -0.1) is 0 Å². The van der Waals surface area contributed by atoms with E-state index in [1.807, 2.05) is 0 Å². The zero-order chi connectivity index (χ0) is 20.7. The van der Waals surface area contributed by atoms with Gasteiger partial charge in [0.2, 0.25) is 5.78 Å². The Morgan fingerprint density at radius 3 is 2.59 bits per heavy atom. The van der Waals surface area contributed by atoms with Gasteiger partial charge in [0.15, 0.2) is 0 Å². The molecule has 0 atom stereocenters. The van der Waals surface area contributed by atoms with E-state index in [1.54, 1.807) is 0 Å². The van der Waals surface area contributed by atoms with E-state index in [4.69, 9.17) is 8.22 Å². The fraction of sp³-hybridized carbons (Fsp3) is 0. The van der Waals surface area contributed by atoms with Crippen LogP contribution in [-0.4, -0.2) is 16.4 Å². The summed E-state index contributed by atoms with van der Waals surface area (Å²) >= 11 is 0. The van der Waals surface area contributed by atoms with Crippen molar-refractivity contribution in [3.63, 3.8) is 0 Å². The number of nitro groups is 1. The molecule has 2 aromatic carbocycles. The Bertz CT molecular complexity index is 1100. The standard InChI is InChI=1S/C16H11N3O3/c20-15-10-5-11-3-1-2-4-14(11)16(15)18-17-12-6-8-13(9-7-12)19(21)22/h1-10,17H/b18-16+/i1D,2D,3D,4D,5D,10D. The lowest BCUT2D eigenvalue weighted by Crippen LogP contribution is -2.19. The first-order chi connectivity index (χ1) is 13.1. The molecule has 2 aromatic rings. The van der Waals surface area contributed by atoms with E-state index < -0.39 is 52.7 Å². The summed E-state index contributed by atoms with van der Waals surface area (Å²) in [6, 6.07) is 1.47. The highest BCUT2D eigenvalue weighted by molar-refractivity contribution is 6.52. The number of rotatable bonds is 3. The maximum atomic E-state index is 12.4. The molecular weight excluding hydrogens is 282 g/mol. The third-order valence-corrected chi connectivity index (χ3v) is 2.82. The molecule has 0 bridgehead atoms. The lowest BCUT2D eigenvalue weighted by Gasteiger charge is -2.12. The zero-order valence-electron chi connectivity index (χ0n) is 16.9. The van der Waals surface area contributed by atoms with E-state index in [-0.39, 0.29) is 22.5 Å². The Morgan fingerprint density at radius 2 is 1.86 bits per heavy atom. The predicted molar refractivity (Wildman–Crippen MR) is 83.7 cm³/mol. The lowest BCUT2D eigenvalue weighted by atomic mass is 9.95. The van der Waals surface area contributed by atoms with Crippen LogP contribution in [-0.2, 0) is 4.79 Å². The number of anilines is 1. The first-order valence-electron chi connectivity index (χ1n) is 9.06. The zero-order valence-corrected chi connectivity index (χ0v) is 10.9. The van der Waals surface area contributed by atoms with Gasteiger partial charge in [-0.05, 0) is 23.7 Å². The molecule has 0 fully saturated rings. The van der Waals surface area contributed by atoms with Gasteiger partial charge in [0.05, 0.1) is 18.8 Å². The van der Waals surface area contributed by atoms with Crippen LogP contribution in [0.5, 0.6) is 0 Å². The number of hydrazone groups is 1. The molecule has 1 N–H and O–H groups in total. The van der Waals surface area contributed by atoms with E-state index in [0.717, 1.165) is 0 Å². The Hall–Kier alpha value is -3.28. The van der Waals surface area contributed by atoms with E-state index in [1.165, 1.54) is 24.3 Å². The number of nitrogens with one attached hydrogen (secondary N) is 1. The van der Waals surface area contributed by atoms with Crippen molar-refractivity contribution in [2.75, 3.05) is 5.43 Å². The van der Waals surface area contributed by atoms with Gasteiger partial charge >= 0.3 is 0 Å². The van der Waals surface area contributed by atoms with Crippen LogP contribution in [0.4, 0.5) is 11.4 Å². The van der Waals surface area contributed by atoms with Crippen LogP contribution in [0.1, 0.15) is 19.4 Å². The average molecular weight is 299 g/mol. The summed E-state index contributed by atoms with van der Waals surface area (Å²) < 4.78 is 47.3. The van der Waals surface area contributed by atoms with Crippen molar-refractivity contribution in [3.05, 3.63) is 75.7 Å². The molecule has 108 valence electrons. The van der Waals surface area contributed by atoms with Crippen molar-refractivity contribution in [2.24, 2.45) is 5.10 Å². The number of hydrogen-bond acceptors (Lipinski definition) is 5. The van der Waals surface area contributed by atoms with E-state index in [9.17, 15) is 14.9 Å². The molecule has 0 aromatic heterocycles. The van der Waals surface area contributed by atoms with Crippen LogP contribution in [0.3, 0.4) is 0 Å². The molecule has 0 saturated heterocycles. The van der Waals surface area contributed by atoms with Crippen molar-refractivity contribution < 1.29 is 17.9 Å². The van der Waals surface area contributed by atoms with Crippen molar-refractivity contribution in [2.45, 2.75) is 0 Å². The number of fused-ring (bicyclic) bond motifs is 1. The molecule has 6 nitrogen and oxygen atoms in total. The van der Waals surface area contributed by atoms with Crippen molar-refractivity contribution in [1.29, 1.82) is 0 Å². The smallest absolute Gasteiger partial charge is 0.269 e. The summed E-state index contributed by atoms with van der Waals surface area (Å²) in [5, 5.41) is 14.6. The minimum Gasteiger partial charge on any atom is -0.287 e. The number of benzene rings is 2. The van der Waals surface area contributed by atoms with E-state index in [0.29, 0.717) is 0 Å². The largest absolute Gasteiger partial charge is 0.287 e. The van der Waals surface area contributed by atoms with Gasteiger partial charge in [-0.1, -0.05) is 30.2 Å². The predicted octanol–water partition coefficient (Wildman–Crippen LogP) is 3.01. The Kier molecular flexibility index (Phi) is 2.10. The number of ketones is 1. The summed E-state index contributed by atoms with van der Waals surface area (Å²) in [5.74, 6) is -0.975. The molecule has 0 unspecified atom stereocenters. The van der Waals surface area contributed by atoms with Crippen LogP contribution in [0.15, 0.2) is 59.6 Å². The van der Waals surface area contributed by atoms with E-state index in [2.05, 4.69) is 10.5 Å². The van der Waals surface area contributed by atoms with E-state index >= 15 is 0 Å². The second-order valence-corrected chi connectivity index (χ2v) is 4.21. The van der Waals surface area contributed by atoms with Gasteiger partial charge in [0.1, 0.15) is 5.71 Å². The Morgan fingerprint density at radius 1 is 1.14 bits per heavy atom. The van der Waals surface area contributed by atoms with Gasteiger partial charge in [-0.2, -0.15) is 5.10 Å². The first-order valence-corrected chi connectivity index (χ1v) is 6.06. The van der Waals surface area contributed by atoms with Gasteiger partial charge in [0, 0.05) is 17.7 Å². The van der Waals surface area contributed by atoms with Crippen molar-refractivity contribution in [3.8, 4) is 0 Å². The molecule has 1 aliphatic carbocycles. The fourth-order valence-electron chi connectivity index (χ4n) is 1.76. The van der Waals surface area contributed by atoms with Gasteiger partial charge < -0.3 is 0 Å². The molecule has 0 amide bonds. The molecule has 0 radical (unpaired) electrons. The molecule has 1 aliphatic rings. The SMILES string of the molecule is [2H]C1=C([2H])c2c([2H])c([2H])c([2H])c([2H])c2/C(=N\Nc2ccc([N+](=O)[O-])cc2)C1=O. The number of hydrogen-bond donors (Lipinski definition) is 1. The maximum Gasteiger partial charge on any atom is 0.269 e. The highest BCUT2D eigenvalue weighted by Gasteiger charge is 2.18. The Balaban J connectivity index is 2.14. The van der Waals surface area contributed by atoms with Crippen LogP contribution in [0, 0.1) is 10.1 Å². The number of carbonyl (C=O) groups excluding carboxylic acids is 1. The molecule has 6 heteroatoms. The third-order valence-electron chi connectivity index (χ3n) is 2.82. The first kappa shape index (κ1) is 8.23. The summed E-state index contributed by atoms with van der Waals surface area (Å²) in [5.41, 5.74) is 1.63. The van der Waals surface area contributed by atoms with Crippen molar-refractivity contribution >= 4 is 28.9 Å². The maximum absolute atomic E-state index is 12.4. The van der Waals surface area contributed by atoms with Crippen LogP contribution >= 0.6 is 0 Å². The molecule has 0 aliphatic heterocycles.